The number of imidazole rings is 2. The predicted octanol–water partition coefficient (Wildman–Crippen LogP) is -1.48. The van der Waals surface area contributed by atoms with Crippen LogP contribution in [0.15, 0.2) is 31.8 Å². The van der Waals surface area contributed by atoms with Gasteiger partial charge in [-0.1, -0.05) is 6.92 Å². The lowest BCUT2D eigenvalue weighted by atomic mass is 10.3. The maximum absolute atomic E-state index is 12.3. The number of likely N-dealkylation sites (N-methyl/N-ethyl adjacent to an activating group) is 1. The molecule has 0 amide bonds. The average Bonchev–Trinajstić information content (AvgIpc) is 3.53. The molecule has 0 aliphatic carbocycles. The highest BCUT2D eigenvalue weighted by Crippen LogP contribution is 2.07. The third-order valence-electron chi connectivity index (χ3n) is 7.15. The summed E-state index contributed by atoms with van der Waals surface area (Å²) in [6, 6.07) is 0. The van der Waals surface area contributed by atoms with Gasteiger partial charge < -0.3 is 14.0 Å². The smallest absolute Gasteiger partial charge is 0.325 e. The van der Waals surface area contributed by atoms with Crippen molar-refractivity contribution in [3.05, 3.63) is 54.3 Å². The zero-order valence-electron chi connectivity index (χ0n) is 22.9. The maximum atomic E-state index is 12.3. The van der Waals surface area contributed by atoms with Gasteiger partial charge in [0.1, 0.15) is 0 Å². The number of rotatable bonds is 5. The van der Waals surface area contributed by atoms with E-state index in [9.17, 15) is 19.2 Å². The number of fused-ring (bicyclic) bond motifs is 2. The summed E-state index contributed by atoms with van der Waals surface area (Å²) in [5, 5.41) is 0. The van der Waals surface area contributed by atoms with Gasteiger partial charge >= 0.3 is 11.4 Å². The molecule has 0 radical (unpaired) electrons. The first-order chi connectivity index (χ1) is 18.1. The normalized spacial score (nSPS) is 14.8. The molecule has 0 bridgehead atoms. The van der Waals surface area contributed by atoms with E-state index < -0.39 is 0 Å². The minimum Gasteiger partial charge on any atom is -0.325 e. The highest BCUT2D eigenvalue weighted by molar-refractivity contribution is 5.70. The number of aryl methyl sites for hydroxylation is 3. The highest BCUT2D eigenvalue weighted by Gasteiger charge is 2.17. The number of aromatic nitrogens is 8. The molecule has 4 aromatic heterocycles. The molecule has 14 nitrogen and oxygen atoms in total. The number of nitrogens with zero attached hydrogens (tertiary/aromatic N) is 10. The lowest BCUT2D eigenvalue weighted by Crippen LogP contribution is -2.45. The van der Waals surface area contributed by atoms with E-state index in [1.165, 1.54) is 23.2 Å². The summed E-state index contributed by atoms with van der Waals surface area (Å²) in [5.74, 6) is 0. The van der Waals surface area contributed by atoms with Crippen molar-refractivity contribution in [1.82, 2.24) is 47.2 Å². The zero-order chi connectivity index (χ0) is 27.7. The number of hydrogen-bond acceptors (Lipinski definition) is 8. The standard InChI is InChI=1S/C14H22N6O2.C10H14N4O2/c1-16-4-6-19(7-5-16)8-9-20-10-15-12-11(20)13(21)18(3)14(22)17(12)2;1-4-5-14-6-11-8-7(14)9(15)13(3)10(16)12(8)2/h10H,4-9H2,1-3H3;6H,4-5H2,1-3H3. The van der Waals surface area contributed by atoms with Crippen LogP contribution in [0.5, 0.6) is 0 Å². The first-order valence-electron chi connectivity index (χ1n) is 12.7. The van der Waals surface area contributed by atoms with Gasteiger partial charge in [0.05, 0.1) is 12.7 Å². The fraction of sp³-hybridized carbons (Fsp3) is 0.583. The lowest BCUT2D eigenvalue weighted by molar-refractivity contribution is 0.150. The Labute approximate surface area is 218 Å². The van der Waals surface area contributed by atoms with Crippen LogP contribution in [0, 0.1) is 0 Å². The van der Waals surface area contributed by atoms with E-state index in [4.69, 9.17) is 0 Å². The summed E-state index contributed by atoms with van der Waals surface area (Å²) in [6.45, 7) is 8.56. The molecule has 0 aromatic carbocycles. The van der Waals surface area contributed by atoms with Crippen LogP contribution in [-0.4, -0.2) is 86.9 Å². The minimum atomic E-state index is -0.348. The van der Waals surface area contributed by atoms with Crippen LogP contribution in [0.2, 0.25) is 0 Å². The molecule has 0 unspecified atom stereocenters. The van der Waals surface area contributed by atoms with Crippen LogP contribution in [0.1, 0.15) is 13.3 Å². The van der Waals surface area contributed by atoms with E-state index in [1.807, 2.05) is 11.5 Å². The van der Waals surface area contributed by atoms with E-state index in [2.05, 4.69) is 26.8 Å². The molecule has 1 fully saturated rings. The Bertz CT molecular complexity index is 1690. The Morgan fingerprint density at radius 3 is 1.53 bits per heavy atom. The number of piperazine rings is 1. The SMILES string of the molecule is CCCn1cnc2c1c(=O)n(C)c(=O)n2C.CN1CCN(CCn2cnc3c2c(=O)n(C)c(=O)n3C)CC1. The molecule has 206 valence electrons. The first-order valence-corrected chi connectivity index (χ1v) is 12.7. The summed E-state index contributed by atoms with van der Waals surface area (Å²) >= 11 is 0. The molecule has 4 aromatic rings. The van der Waals surface area contributed by atoms with Gasteiger partial charge in [-0.25, -0.2) is 19.6 Å². The van der Waals surface area contributed by atoms with E-state index in [0.717, 1.165) is 54.8 Å². The van der Waals surface area contributed by atoms with Crippen molar-refractivity contribution in [2.45, 2.75) is 26.4 Å². The highest BCUT2D eigenvalue weighted by atomic mass is 16.2. The summed E-state index contributed by atoms with van der Waals surface area (Å²) < 4.78 is 8.70. The fourth-order valence-electron chi connectivity index (χ4n) is 4.69. The van der Waals surface area contributed by atoms with Gasteiger partial charge in [0.25, 0.3) is 11.1 Å². The van der Waals surface area contributed by atoms with Crippen molar-refractivity contribution >= 4 is 22.3 Å². The molecule has 14 heteroatoms. The molecule has 0 saturated carbocycles. The van der Waals surface area contributed by atoms with E-state index in [1.54, 1.807) is 31.3 Å². The summed E-state index contributed by atoms with van der Waals surface area (Å²) in [4.78, 5) is 60.9. The van der Waals surface area contributed by atoms with Crippen LogP contribution in [0.4, 0.5) is 0 Å². The van der Waals surface area contributed by atoms with Crippen molar-refractivity contribution in [3.8, 4) is 0 Å². The van der Waals surface area contributed by atoms with Crippen molar-refractivity contribution in [1.29, 1.82) is 0 Å². The molecule has 5 rings (SSSR count). The van der Waals surface area contributed by atoms with Crippen LogP contribution in [-0.2, 0) is 41.3 Å². The molecule has 0 spiro atoms. The van der Waals surface area contributed by atoms with Gasteiger partial charge in [-0.2, -0.15) is 0 Å². The number of hydrogen-bond donors (Lipinski definition) is 0. The first kappa shape index (κ1) is 27.3. The molecule has 0 atom stereocenters. The molecule has 5 heterocycles. The maximum Gasteiger partial charge on any atom is 0.332 e. The van der Waals surface area contributed by atoms with Crippen LogP contribution < -0.4 is 22.5 Å². The lowest BCUT2D eigenvalue weighted by Gasteiger charge is -2.32. The van der Waals surface area contributed by atoms with E-state index >= 15 is 0 Å². The van der Waals surface area contributed by atoms with Crippen molar-refractivity contribution in [2.75, 3.05) is 39.8 Å². The van der Waals surface area contributed by atoms with Crippen molar-refractivity contribution in [2.24, 2.45) is 28.2 Å². The average molecular weight is 529 g/mol. The van der Waals surface area contributed by atoms with Crippen molar-refractivity contribution in [3.63, 3.8) is 0 Å². The van der Waals surface area contributed by atoms with E-state index in [-0.39, 0.29) is 22.5 Å². The second kappa shape index (κ2) is 10.9. The van der Waals surface area contributed by atoms with Gasteiger partial charge in [0, 0.05) is 74.0 Å². The zero-order valence-corrected chi connectivity index (χ0v) is 22.9. The molecule has 1 aliphatic rings. The summed E-state index contributed by atoms with van der Waals surface area (Å²) in [6.07, 6.45) is 4.17. The summed E-state index contributed by atoms with van der Waals surface area (Å²) in [5.41, 5.74) is 0.622. The summed E-state index contributed by atoms with van der Waals surface area (Å²) in [7, 11) is 8.37. The second-order valence-electron chi connectivity index (χ2n) is 9.78. The Morgan fingerprint density at radius 2 is 1.08 bits per heavy atom. The quantitative estimate of drug-likeness (QED) is 0.307. The van der Waals surface area contributed by atoms with Gasteiger partial charge in [0.2, 0.25) is 0 Å². The predicted molar refractivity (Wildman–Crippen MR) is 145 cm³/mol. The fourth-order valence-corrected chi connectivity index (χ4v) is 4.69. The Balaban J connectivity index is 0.000000186. The Hall–Kier alpha value is -3.78. The Kier molecular flexibility index (Phi) is 7.83. The van der Waals surface area contributed by atoms with Crippen LogP contribution in [0.3, 0.4) is 0 Å². The molecule has 1 aliphatic heterocycles. The third kappa shape index (κ3) is 4.88. The van der Waals surface area contributed by atoms with Crippen LogP contribution >= 0.6 is 0 Å². The molecular formula is C24H36N10O4. The molecule has 0 N–H and O–H groups in total. The molecule has 38 heavy (non-hydrogen) atoms. The van der Waals surface area contributed by atoms with Gasteiger partial charge in [0.15, 0.2) is 22.3 Å². The van der Waals surface area contributed by atoms with Gasteiger partial charge in [-0.15, -0.1) is 0 Å². The van der Waals surface area contributed by atoms with E-state index in [0.29, 0.717) is 28.9 Å². The largest absolute Gasteiger partial charge is 0.332 e. The third-order valence-corrected chi connectivity index (χ3v) is 7.15. The van der Waals surface area contributed by atoms with Crippen LogP contribution in [0.25, 0.3) is 22.3 Å². The Morgan fingerprint density at radius 1 is 0.632 bits per heavy atom. The van der Waals surface area contributed by atoms with Gasteiger partial charge in [-0.3, -0.25) is 32.8 Å². The van der Waals surface area contributed by atoms with Gasteiger partial charge in [-0.05, 0) is 13.5 Å². The topological polar surface area (TPSA) is 130 Å². The molecular weight excluding hydrogens is 492 g/mol. The second-order valence-corrected chi connectivity index (χ2v) is 9.78. The van der Waals surface area contributed by atoms with Crippen molar-refractivity contribution < 1.29 is 0 Å². The molecule has 1 saturated heterocycles. The minimum absolute atomic E-state index is 0.283. The monoisotopic (exact) mass is 528 g/mol.